The molecule has 0 radical (unpaired) electrons. The maximum absolute atomic E-state index is 5.43. The van der Waals surface area contributed by atoms with E-state index in [1.54, 1.807) is 7.11 Å². The molecule has 0 bridgehead atoms. The summed E-state index contributed by atoms with van der Waals surface area (Å²) in [7, 11) is 3.91. The van der Waals surface area contributed by atoms with Gasteiger partial charge in [-0.25, -0.2) is 0 Å². The molecule has 3 nitrogen and oxygen atoms in total. The standard InChI is InChI=1S/C18H22N2O/c1-20(12-14-7-3-6-10-18(14)21-2)13-15-11-19-17-9-5-4-8-16(15)17/h3-10,15,19H,11-13H2,1-2H3. The maximum Gasteiger partial charge on any atom is 0.123 e. The minimum atomic E-state index is 0.556. The van der Waals surface area contributed by atoms with Gasteiger partial charge in [0.1, 0.15) is 5.75 Å². The third kappa shape index (κ3) is 3.03. The number of methoxy groups -OCH3 is 1. The third-order valence-corrected chi connectivity index (χ3v) is 4.10. The third-order valence-electron chi connectivity index (χ3n) is 4.10. The number of rotatable bonds is 5. The summed E-state index contributed by atoms with van der Waals surface area (Å²) in [6, 6.07) is 16.8. The number of ether oxygens (including phenoxy) is 1. The number of likely N-dealkylation sites (N-methyl/N-ethyl adjacent to an activating group) is 1. The van der Waals surface area contributed by atoms with Crippen molar-refractivity contribution < 1.29 is 4.74 Å². The van der Waals surface area contributed by atoms with E-state index in [1.165, 1.54) is 16.8 Å². The predicted molar refractivity (Wildman–Crippen MR) is 87.0 cm³/mol. The Morgan fingerprint density at radius 2 is 1.90 bits per heavy atom. The molecule has 3 heteroatoms. The zero-order valence-electron chi connectivity index (χ0n) is 12.7. The van der Waals surface area contributed by atoms with Crippen molar-refractivity contribution >= 4 is 5.69 Å². The van der Waals surface area contributed by atoms with Crippen molar-refractivity contribution in [3.05, 3.63) is 59.7 Å². The summed E-state index contributed by atoms with van der Waals surface area (Å²) in [5, 5.41) is 3.49. The molecular formula is C18H22N2O. The molecule has 1 atom stereocenters. The van der Waals surface area contributed by atoms with Gasteiger partial charge in [0, 0.05) is 36.8 Å². The second-order valence-electron chi connectivity index (χ2n) is 5.67. The lowest BCUT2D eigenvalue weighted by Gasteiger charge is -2.22. The van der Waals surface area contributed by atoms with Crippen molar-refractivity contribution in [2.45, 2.75) is 12.5 Å². The van der Waals surface area contributed by atoms with E-state index in [0.29, 0.717) is 5.92 Å². The van der Waals surface area contributed by atoms with Gasteiger partial charge in [-0.3, -0.25) is 0 Å². The van der Waals surface area contributed by atoms with Crippen LogP contribution in [0, 0.1) is 0 Å². The Balaban J connectivity index is 1.66. The van der Waals surface area contributed by atoms with Crippen LogP contribution in [0.5, 0.6) is 5.75 Å². The second kappa shape index (κ2) is 6.19. The molecule has 0 saturated carbocycles. The predicted octanol–water partition coefficient (Wildman–Crippen LogP) is 3.34. The first-order valence-corrected chi connectivity index (χ1v) is 7.41. The molecule has 0 saturated heterocycles. The average molecular weight is 282 g/mol. The molecule has 0 aliphatic carbocycles. The van der Waals surface area contributed by atoms with Crippen LogP contribution in [0.2, 0.25) is 0 Å². The van der Waals surface area contributed by atoms with E-state index in [0.717, 1.165) is 25.4 Å². The summed E-state index contributed by atoms with van der Waals surface area (Å²) in [6.07, 6.45) is 0. The topological polar surface area (TPSA) is 24.5 Å². The molecule has 1 unspecified atom stereocenters. The number of hydrogen-bond acceptors (Lipinski definition) is 3. The second-order valence-corrected chi connectivity index (χ2v) is 5.67. The minimum Gasteiger partial charge on any atom is -0.496 e. The van der Waals surface area contributed by atoms with Crippen molar-refractivity contribution in [1.82, 2.24) is 4.90 Å². The van der Waals surface area contributed by atoms with E-state index in [-0.39, 0.29) is 0 Å². The molecule has 3 rings (SSSR count). The molecule has 1 N–H and O–H groups in total. The van der Waals surface area contributed by atoms with E-state index in [1.807, 2.05) is 12.1 Å². The van der Waals surface area contributed by atoms with Crippen LogP contribution in [0.4, 0.5) is 5.69 Å². The Hall–Kier alpha value is -2.00. The van der Waals surface area contributed by atoms with E-state index in [9.17, 15) is 0 Å². The molecule has 1 heterocycles. The van der Waals surface area contributed by atoms with Crippen molar-refractivity contribution in [3.8, 4) is 5.75 Å². The van der Waals surface area contributed by atoms with Crippen LogP contribution >= 0.6 is 0 Å². The van der Waals surface area contributed by atoms with Crippen molar-refractivity contribution in [3.63, 3.8) is 0 Å². The monoisotopic (exact) mass is 282 g/mol. The molecule has 0 spiro atoms. The minimum absolute atomic E-state index is 0.556. The fraction of sp³-hybridized carbons (Fsp3) is 0.333. The summed E-state index contributed by atoms with van der Waals surface area (Å²) < 4.78 is 5.43. The highest BCUT2D eigenvalue weighted by atomic mass is 16.5. The van der Waals surface area contributed by atoms with Gasteiger partial charge >= 0.3 is 0 Å². The van der Waals surface area contributed by atoms with Crippen LogP contribution in [-0.2, 0) is 6.54 Å². The average Bonchev–Trinajstić information content (AvgIpc) is 2.91. The molecule has 2 aromatic carbocycles. The van der Waals surface area contributed by atoms with Gasteiger partial charge in [-0.2, -0.15) is 0 Å². The molecule has 1 aliphatic heterocycles. The van der Waals surface area contributed by atoms with Crippen molar-refractivity contribution in [2.75, 3.05) is 32.6 Å². The summed E-state index contributed by atoms with van der Waals surface area (Å²) in [4.78, 5) is 2.37. The van der Waals surface area contributed by atoms with Gasteiger partial charge < -0.3 is 15.0 Å². The first-order chi connectivity index (χ1) is 10.3. The van der Waals surface area contributed by atoms with Crippen molar-refractivity contribution in [2.24, 2.45) is 0 Å². The van der Waals surface area contributed by atoms with E-state index in [2.05, 4.69) is 53.7 Å². The zero-order valence-corrected chi connectivity index (χ0v) is 12.7. The molecule has 0 fully saturated rings. The lowest BCUT2D eigenvalue weighted by molar-refractivity contribution is 0.302. The molecule has 2 aromatic rings. The highest BCUT2D eigenvalue weighted by Crippen LogP contribution is 2.31. The number of anilines is 1. The van der Waals surface area contributed by atoms with Gasteiger partial charge in [-0.15, -0.1) is 0 Å². The zero-order chi connectivity index (χ0) is 14.7. The summed E-state index contributed by atoms with van der Waals surface area (Å²) in [6.45, 7) is 2.97. The van der Waals surface area contributed by atoms with E-state index < -0.39 is 0 Å². The molecular weight excluding hydrogens is 260 g/mol. The largest absolute Gasteiger partial charge is 0.496 e. The Kier molecular flexibility index (Phi) is 4.11. The number of para-hydroxylation sites is 2. The van der Waals surface area contributed by atoms with Gasteiger partial charge in [0.05, 0.1) is 7.11 Å². The quantitative estimate of drug-likeness (QED) is 0.910. The fourth-order valence-corrected chi connectivity index (χ4v) is 3.09. The first kappa shape index (κ1) is 14.0. The maximum atomic E-state index is 5.43. The summed E-state index contributed by atoms with van der Waals surface area (Å²) in [5.74, 6) is 1.52. The van der Waals surface area contributed by atoms with Gasteiger partial charge in [0.15, 0.2) is 0 Å². The van der Waals surface area contributed by atoms with Gasteiger partial charge in [0.25, 0.3) is 0 Å². The van der Waals surface area contributed by atoms with Crippen LogP contribution in [-0.4, -0.2) is 32.1 Å². The molecule has 0 aromatic heterocycles. The van der Waals surface area contributed by atoms with Crippen LogP contribution in [0.3, 0.4) is 0 Å². The van der Waals surface area contributed by atoms with E-state index in [4.69, 9.17) is 4.74 Å². The highest BCUT2D eigenvalue weighted by Gasteiger charge is 2.22. The Morgan fingerprint density at radius 3 is 2.76 bits per heavy atom. The van der Waals surface area contributed by atoms with Crippen molar-refractivity contribution in [1.29, 1.82) is 0 Å². The number of nitrogens with one attached hydrogen (secondary N) is 1. The Bertz CT molecular complexity index is 612. The lowest BCUT2D eigenvalue weighted by atomic mass is 10.0. The highest BCUT2D eigenvalue weighted by molar-refractivity contribution is 5.57. The van der Waals surface area contributed by atoms with Crippen LogP contribution < -0.4 is 10.1 Å². The normalized spacial score (nSPS) is 16.6. The SMILES string of the molecule is COc1ccccc1CN(C)CC1CNc2ccccc21. The Labute approximate surface area is 126 Å². The summed E-state index contributed by atoms with van der Waals surface area (Å²) in [5.41, 5.74) is 3.96. The molecule has 21 heavy (non-hydrogen) atoms. The van der Waals surface area contributed by atoms with Crippen LogP contribution in [0.25, 0.3) is 0 Å². The fourth-order valence-electron chi connectivity index (χ4n) is 3.09. The van der Waals surface area contributed by atoms with E-state index >= 15 is 0 Å². The van der Waals surface area contributed by atoms with Gasteiger partial charge in [-0.1, -0.05) is 36.4 Å². The smallest absolute Gasteiger partial charge is 0.123 e. The number of nitrogens with zero attached hydrogens (tertiary/aromatic N) is 1. The number of hydrogen-bond donors (Lipinski definition) is 1. The van der Waals surface area contributed by atoms with Crippen LogP contribution in [0.1, 0.15) is 17.0 Å². The van der Waals surface area contributed by atoms with Crippen LogP contribution in [0.15, 0.2) is 48.5 Å². The summed E-state index contributed by atoms with van der Waals surface area (Å²) >= 11 is 0. The molecule has 0 amide bonds. The molecule has 1 aliphatic rings. The number of benzene rings is 2. The van der Waals surface area contributed by atoms with Gasteiger partial charge in [-0.05, 0) is 24.7 Å². The lowest BCUT2D eigenvalue weighted by Crippen LogP contribution is -2.25. The van der Waals surface area contributed by atoms with Gasteiger partial charge in [0.2, 0.25) is 0 Å². The number of fused-ring (bicyclic) bond motifs is 1. The Morgan fingerprint density at radius 1 is 1.14 bits per heavy atom. The molecule has 110 valence electrons. The first-order valence-electron chi connectivity index (χ1n) is 7.41.